The Morgan fingerprint density at radius 2 is 2.26 bits per heavy atom. The van der Waals surface area contributed by atoms with Gasteiger partial charge < -0.3 is 15.4 Å². The number of carbonyl (C=O) groups excluding carboxylic acids is 1. The van der Waals surface area contributed by atoms with Crippen molar-refractivity contribution >= 4 is 11.7 Å². The first-order chi connectivity index (χ1) is 9.13. The number of aromatic nitrogens is 1. The molecule has 1 aromatic rings. The van der Waals surface area contributed by atoms with Crippen LogP contribution < -0.4 is 10.6 Å². The number of amides is 1. The van der Waals surface area contributed by atoms with Crippen LogP contribution in [0.25, 0.3) is 0 Å². The van der Waals surface area contributed by atoms with Crippen molar-refractivity contribution in [3.63, 3.8) is 0 Å². The molecule has 0 unspecified atom stereocenters. The van der Waals surface area contributed by atoms with E-state index < -0.39 is 0 Å². The van der Waals surface area contributed by atoms with Gasteiger partial charge in [-0.15, -0.1) is 0 Å². The molecule has 2 N–H and O–H groups in total. The molecule has 0 aliphatic carbocycles. The zero-order valence-electron chi connectivity index (χ0n) is 11.9. The quantitative estimate of drug-likeness (QED) is 0.705. The molecule has 1 rings (SSSR count). The Kier molecular flexibility index (Phi) is 6.89. The van der Waals surface area contributed by atoms with Crippen LogP contribution in [0.1, 0.15) is 30.6 Å². The van der Waals surface area contributed by atoms with E-state index in [1.54, 1.807) is 25.4 Å². The first kappa shape index (κ1) is 15.4. The van der Waals surface area contributed by atoms with Gasteiger partial charge in [0.15, 0.2) is 0 Å². The lowest BCUT2D eigenvalue weighted by Crippen LogP contribution is -2.25. The molecule has 1 amide bonds. The Bertz CT molecular complexity index is 394. The van der Waals surface area contributed by atoms with Crippen molar-refractivity contribution in [1.82, 2.24) is 10.3 Å². The molecule has 0 aliphatic rings. The Balaban J connectivity index is 2.23. The minimum atomic E-state index is -0.0808. The van der Waals surface area contributed by atoms with E-state index in [2.05, 4.69) is 29.5 Å². The number of nitrogens with zero attached hydrogens (tertiary/aromatic N) is 1. The van der Waals surface area contributed by atoms with Gasteiger partial charge in [0.25, 0.3) is 5.91 Å². The summed E-state index contributed by atoms with van der Waals surface area (Å²) in [6.07, 6.45) is 2.44. The molecule has 5 heteroatoms. The van der Waals surface area contributed by atoms with Gasteiger partial charge in [-0.25, -0.2) is 4.98 Å². The van der Waals surface area contributed by atoms with Crippen LogP contribution in [-0.4, -0.2) is 37.7 Å². The third-order valence-corrected chi connectivity index (χ3v) is 2.48. The third-order valence-electron chi connectivity index (χ3n) is 2.48. The van der Waals surface area contributed by atoms with E-state index in [1.165, 1.54) is 0 Å². The van der Waals surface area contributed by atoms with Crippen LogP contribution in [0, 0.1) is 5.92 Å². The molecule has 0 saturated heterocycles. The maximum atomic E-state index is 11.8. The third kappa shape index (κ3) is 6.20. The first-order valence-corrected chi connectivity index (χ1v) is 6.63. The van der Waals surface area contributed by atoms with Gasteiger partial charge in [0, 0.05) is 38.6 Å². The molecule has 0 radical (unpaired) electrons. The maximum Gasteiger partial charge on any atom is 0.251 e. The summed E-state index contributed by atoms with van der Waals surface area (Å²) in [5.74, 6) is 1.15. The van der Waals surface area contributed by atoms with Gasteiger partial charge in [-0.1, -0.05) is 13.8 Å². The summed E-state index contributed by atoms with van der Waals surface area (Å²) >= 11 is 0. The van der Waals surface area contributed by atoms with Gasteiger partial charge >= 0.3 is 0 Å². The molecule has 0 bridgehead atoms. The second-order valence-corrected chi connectivity index (χ2v) is 4.76. The van der Waals surface area contributed by atoms with Crippen LogP contribution in [0.5, 0.6) is 0 Å². The average Bonchev–Trinajstić information content (AvgIpc) is 2.42. The Morgan fingerprint density at radius 3 is 2.95 bits per heavy atom. The molecule has 1 heterocycles. The Labute approximate surface area is 114 Å². The zero-order chi connectivity index (χ0) is 14.1. The lowest BCUT2D eigenvalue weighted by molar-refractivity contribution is 0.0925. The second kappa shape index (κ2) is 8.48. The molecule has 5 nitrogen and oxygen atoms in total. The van der Waals surface area contributed by atoms with Crippen LogP contribution in [0.3, 0.4) is 0 Å². The summed E-state index contributed by atoms with van der Waals surface area (Å²) in [6, 6.07) is 3.43. The number of ether oxygens (including phenoxy) is 1. The SMILES string of the molecule is CNc1cc(C(=O)NCCCOCC(C)C)ccn1. The van der Waals surface area contributed by atoms with Gasteiger partial charge in [-0.2, -0.15) is 0 Å². The Hall–Kier alpha value is -1.62. The molecule has 0 fully saturated rings. The summed E-state index contributed by atoms with van der Waals surface area (Å²) in [5, 5.41) is 5.77. The van der Waals surface area contributed by atoms with Crippen LogP contribution in [0.4, 0.5) is 5.82 Å². The number of rotatable bonds is 8. The van der Waals surface area contributed by atoms with E-state index in [0.717, 1.165) is 13.0 Å². The van der Waals surface area contributed by atoms with Crippen molar-refractivity contribution in [2.45, 2.75) is 20.3 Å². The van der Waals surface area contributed by atoms with E-state index >= 15 is 0 Å². The van der Waals surface area contributed by atoms with Gasteiger partial charge in [-0.3, -0.25) is 4.79 Å². The fourth-order valence-corrected chi connectivity index (χ4v) is 1.51. The minimum absolute atomic E-state index is 0.0808. The molecule has 0 spiro atoms. The fourth-order valence-electron chi connectivity index (χ4n) is 1.51. The predicted molar refractivity (Wildman–Crippen MR) is 76.4 cm³/mol. The maximum absolute atomic E-state index is 11.8. The second-order valence-electron chi connectivity index (χ2n) is 4.76. The van der Waals surface area contributed by atoms with Crippen molar-refractivity contribution in [2.75, 3.05) is 32.1 Å². The smallest absolute Gasteiger partial charge is 0.251 e. The lowest BCUT2D eigenvalue weighted by atomic mass is 10.2. The first-order valence-electron chi connectivity index (χ1n) is 6.63. The molecule has 0 saturated carbocycles. The predicted octanol–water partition coefficient (Wildman–Crippen LogP) is 1.92. The summed E-state index contributed by atoms with van der Waals surface area (Å²) in [5.41, 5.74) is 0.613. The number of hydrogen-bond donors (Lipinski definition) is 2. The highest BCUT2D eigenvalue weighted by Crippen LogP contribution is 2.05. The van der Waals surface area contributed by atoms with Gasteiger partial charge in [-0.05, 0) is 24.5 Å². The average molecular weight is 265 g/mol. The van der Waals surface area contributed by atoms with Crippen LogP contribution >= 0.6 is 0 Å². The van der Waals surface area contributed by atoms with Gasteiger partial charge in [0.05, 0.1) is 0 Å². The number of nitrogens with one attached hydrogen (secondary N) is 2. The molecular weight excluding hydrogens is 242 g/mol. The highest BCUT2D eigenvalue weighted by Gasteiger charge is 2.05. The summed E-state index contributed by atoms with van der Waals surface area (Å²) in [6.45, 7) is 6.30. The van der Waals surface area contributed by atoms with Crippen LogP contribution in [0.2, 0.25) is 0 Å². The van der Waals surface area contributed by atoms with Crippen molar-refractivity contribution in [1.29, 1.82) is 0 Å². The van der Waals surface area contributed by atoms with E-state index in [-0.39, 0.29) is 5.91 Å². The summed E-state index contributed by atoms with van der Waals surface area (Å²) in [4.78, 5) is 15.9. The molecule has 1 aromatic heterocycles. The van der Waals surface area contributed by atoms with Crippen molar-refractivity contribution in [2.24, 2.45) is 5.92 Å². The Morgan fingerprint density at radius 1 is 1.47 bits per heavy atom. The van der Waals surface area contributed by atoms with Gasteiger partial charge in [0.2, 0.25) is 0 Å². The topological polar surface area (TPSA) is 63.2 Å². The van der Waals surface area contributed by atoms with Gasteiger partial charge in [0.1, 0.15) is 5.82 Å². The number of anilines is 1. The normalized spacial score (nSPS) is 10.5. The molecule has 0 aliphatic heterocycles. The monoisotopic (exact) mass is 265 g/mol. The molecule has 0 atom stereocenters. The van der Waals surface area contributed by atoms with E-state index in [4.69, 9.17) is 4.74 Å². The minimum Gasteiger partial charge on any atom is -0.381 e. The van der Waals surface area contributed by atoms with Crippen LogP contribution in [-0.2, 0) is 4.74 Å². The van der Waals surface area contributed by atoms with Crippen LogP contribution in [0.15, 0.2) is 18.3 Å². The molecule has 106 valence electrons. The largest absolute Gasteiger partial charge is 0.381 e. The van der Waals surface area contributed by atoms with E-state index in [9.17, 15) is 4.79 Å². The van der Waals surface area contributed by atoms with Crippen molar-refractivity contribution in [3.8, 4) is 0 Å². The molecule has 19 heavy (non-hydrogen) atoms. The van der Waals surface area contributed by atoms with E-state index in [0.29, 0.717) is 30.5 Å². The number of carbonyl (C=O) groups is 1. The molecule has 0 aromatic carbocycles. The standard InChI is InChI=1S/C14H23N3O2/c1-11(2)10-19-8-4-6-17-14(18)12-5-7-16-13(9-12)15-3/h5,7,9,11H,4,6,8,10H2,1-3H3,(H,15,16)(H,17,18). The number of hydrogen-bond acceptors (Lipinski definition) is 4. The number of pyridine rings is 1. The fraction of sp³-hybridized carbons (Fsp3) is 0.571. The van der Waals surface area contributed by atoms with Crippen molar-refractivity contribution < 1.29 is 9.53 Å². The lowest BCUT2D eigenvalue weighted by Gasteiger charge is -2.08. The summed E-state index contributed by atoms with van der Waals surface area (Å²) < 4.78 is 5.45. The summed E-state index contributed by atoms with van der Waals surface area (Å²) in [7, 11) is 1.77. The van der Waals surface area contributed by atoms with E-state index in [1.807, 2.05) is 0 Å². The molecular formula is C14H23N3O2. The zero-order valence-corrected chi connectivity index (χ0v) is 11.9. The highest BCUT2D eigenvalue weighted by atomic mass is 16.5. The van der Waals surface area contributed by atoms with Crippen molar-refractivity contribution in [3.05, 3.63) is 23.9 Å². The highest BCUT2D eigenvalue weighted by molar-refractivity contribution is 5.94.